The van der Waals surface area contributed by atoms with Crippen LogP contribution in [0, 0.1) is 0 Å². The van der Waals surface area contributed by atoms with Crippen molar-refractivity contribution < 1.29 is 19.1 Å². The number of hydrogen-bond donors (Lipinski definition) is 1. The van der Waals surface area contributed by atoms with Gasteiger partial charge >= 0.3 is 0 Å². The molecule has 0 saturated carbocycles. The van der Waals surface area contributed by atoms with E-state index in [1.54, 1.807) is 32.4 Å². The summed E-state index contributed by atoms with van der Waals surface area (Å²) in [6.07, 6.45) is 4.66. The predicted molar refractivity (Wildman–Crippen MR) is 135 cm³/mol. The number of ether oxygens (including phenoxy) is 2. The summed E-state index contributed by atoms with van der Waals surface area (Å²) in [6, 6.07) is 13.3. The molecule has 186 valence electrons. The fraction of sp³-hybridized carbons (Fsp3) is 0.444. The van der Waals surface area contributed by atoms with E-state index in [2.05, 4.69) is 12.2 Å². The number of nitrogens with one attached hydrogen (secondary N) is 1. The number of aryl methyl sites for hydroxylation is 1. The molecule has 1 unspecified atom stereocenters. The van der Waals surface area contributed by atoms with Crippen LogP contribution in [0.3, 0.4) is 0 Å². The number of fused-ring (bicyclic) bond motifs is 1. The normalized spacial score (nSPS) is 15.7. The molecule has 8 nitrogen and oxygen atoms in total. The molecule has 0 spiro atoms. The fourth-order valence-electron chi connectivity index (χ4n) is 4.72. The van der Waals surface area contributed by atoms with Gasteiger partial charge in [-0.15, -0.1) is 0 Å². The number of rotatable bonds is 9. The Morgan fingerprint density at radius 1 is 1.09 bits per heavy atom. The van der Waals surface area contributed by atoms with Gasteiger partial charge in [0, 0.05) is 31.1 Å². The first-order valence-electron chi connectivity index (χ1n) is 12.3. The average Bonchev–Trinajstić information content (AvgIpc) is 3.23. The minimum Gasteiger partial charge on any atom is -0.493 e. The van der Waals surface area contributed by atoms with Gasteiger partial charge < -0.3 is 24.3 Å². The molecule has 1 N–H and O–H groups in total. The van der Waals surface area contributed by atoms with E-state index in [0.717, 1.165) is 36.2 Å². The molecule has 35 heavy (non-hydrogen) atoms. The molecule has 4 rings (SSSR count). The van der Waals surface area contributed by atoms with Gasteiger partial charge in [0.15, 0.2) is 11.5 Å². The zero-order valence-electron chi connectivity index (χ0n) is 20.8. The van der Waals surface area contributed by atoms with Crippen molar-refractivity contribution in [3.05, 3.63) is 53.9 Å². The molecule has 1 aliphatic rings. The summed E-state index contributed by atoms with van der Waals surface area (Å²) >= 11 is 0. The summed E-state index contributed by atoms with van der Waals surface area (Å²) in [5.41, 5.74) is 2.36. The lowest BCUT2D eigenvalue weighted by Gasteiger charge is -2.33. The highest BCUT2D eigenvalue weighted by atomic mass is 16.5. The number of hydrogen-bond acceptors (Lipinski definition) is 5. The zero-order valence-corrected chi connectivity index (χ0v) is 20.8. The number of imidazole rings is 1. The Bertz CT molecular complexity index is 1190. The molecule has 0 bridgehead atoms. The van der Waals surface area contributed by atoms with Gasteiger partial charge in [0.25, 0.3) is 5.91 Å². The number of amides is 2. The number of benzene rings is 2. The molecular formula is C27H34N4O4. The smallest absolute Gasteiger partial charge is 0.251 e. The van der Waals surface area contributed by atoms with Gasteiger partial charge in [0.2, 0.25) is 5.91 Å². The van der Waals surface area contributed by atoms with Crippen LogP contribution in [0.2, 0.25) is 0 Å². The second kappa shape index (κ2) is 11.3. The SMILES string of the molecule is COc1ccc(C(=O)NCCCc2nc3ccccc3n2CC(=O)N2CCCCC2C)cc1OC. The van der Waals surface area contributed by atoms with Gasteiger partial charge in [-0.05, 0) is 62.9 Å². The van der Waals surface area contributed by atoms with Gasteiger partial charge in [-0.2, -0.15) is 0 Å². The summed E-state index contributed by atoms with van der Waals surface area (Å²) in [4.78, 5) is 32.6. The van der Waals surface area contributed by atoms with Crippen LogP contribution >= 0.6 is 0 Å². The van der Waals surface area contributed by atoms with Gasteiger partial charge in [0.05, 0.1) is 25.3 Å². The van der Waals surface area contributed by atoms with E-state index in [0.29, 0.717) is 36.4 Å². The maximum absolute atomic E-state index is 13.1. The number of piperidine rings is 1. The number of nitrogens with zero attached hydrogens (tertiary/aromatic N) is 3. The third-order valence-corrected chi connectivity index (χ3v) is 6.66. The second-order valence-electron chi connectivity index (χ2n) is 8.96. The van der Waals surface area contributed by atoms with Crippen LogP contribution in [0.4, 0.5) is 0 Å². The molecule has 1 atom stereocenters. The van der Waals surface area contributed by atoms with Gasteiger partial charge in [0.1, 0.15) is 12.4 Å². The van der Waals surface area contributed by atoms with Crippen molar-refractivity contribution in [1.29, 1.82) is 0 Å². The van der Waals surface area contributed by atoms with Crippen molar-refractivity contribution >= 4 is 22.8 Å². The van der Waals surface area contributed by atoms with Crippen molar-refractivity contribution in [2.75, 3.05) is 27.3 Å². The third kappa shape index (κ3) is 5.58. The Labute approximate surface area is 206 Å². The highest BCUT2D eigenvalue weighted by Crippen LogP contribution is 2.27. The van der Waals surface area contributed by atoms with Crippen LogP contribution in [0.15, 0.2) is 42.5 Å². The summed E-state index contributed by atoms with van der Waals surface area (Å²) in [7, 11) is 3.11. The van der Waals surface area contributed by atoms with Crippen molar-refractivity contribution in [3.8, 4) is 11.5 Å². The quantitative estimate of drug-likeness (QED) is 0.473. The van der Waals surface area contributed by atoms with Crippen LogP contribution in [0.1, 0.15) is 48.8 Å². The maximum Gasteiger partial charge on any atom is 0.251 e. The Morgan fingerprint density at radius 2 is 1.89 bits per heavy atom. The molecule has 1 fully saturated rings. The molecule has 0 radical (unpaired) electrons. The molecule has 1 aromatic heterocycles. The molecule has 0 aliphatic carbocycles. The topological polar surface area (TPSA) is 85.7 Å². The molecule has 8 heteroatoms. The fourth-order valence-corrected chi connectivity index (χ4v) is 4.72. The number of para-hydroxylation sites is 2. The summed E-state index contributed by atoms with van der Waals surface area (Å²) in [6.45, 7) is 3.74. The van der Waals surface area contributed by atoms with E-state index in [4.69, 9.17) is 14.5 Å². The molecule has 2 amide bonds. The number of methoxy groups -OCH3 is 2. The maximum atomic E-state index is 13.1. The number of likely N-dealkylation sites (tertiary alicyclic amines) is 1. The van der Waals surface area contributed by atoms with Crippen LogP contribution in [-0.2, 0) is 17.8 Å². The average molecular weight is 479 g/mol. The van der Waals surface area contributed by atoms with Crippen LogP contribution in [0.5, 0.6) is 11.5 Å². The molecule has 2 heterocycles. The summed E-state index contributed by atoms with van der Waals surface area (Å²) < 4.78 is 12.6. The minimum absolute atomic E-state index is 0.142. The minimum atomic E-state index is -0.172. The van der Waals surface area contributed by atoms with Crippen molar-refractivity contribution in [2.24, 2.45) is 0 Å². The first kappa shape index (κ1) is 24.6. The largest absolute Gasteiger partial charge is 0.493 e. The van der Waals surface area contributed by atoms with Gasteiger partial charge in [-0.3, -0.25) is 9.59 Å². The van der Waals surface area contributed by atoms with Gasteiger partial charge in [-0.1, -0.05) is 12.1 Å². The molecule has 1 aliphatic heterocycles. The Balaban J connectivity index is 1.40. The monoisotopic (exact) mass is 478 g/mol. The van der Waals surface area contributed by atoms with E-state index >= 15 is 0 Å². The molecular weight excluding hydrogens is 444 g/mol. The predicted octanol–water partition coefficient (Wildman–Crippen LogP) is 3.82. The highest BCUT2D eigenvalue weighted by molar-refractivity contribution is 5.94. The van der Waals surface area contributed by atoms with Crippen LogP contribution < -0.4 is 14.8 Å². The van der Waals surface area contributed by atoms with Gasteiger partial charge in [-0.25, -0.2) is 4.98 Å². The Morgan fingerprint density at radius 3 is 2.66 bits per heavy atom. The summed E-state index contributed by atoms with van der Waals surface area (Å²) in [5, 5.41) is 2.96. The van der Waals surface area contributed by atoms with E-state index in [1.807, 2.05) is 33.7 Å². The standard InChI is InChI=1S/C27H34N4O4/c1-19-9-6-7-16-30(19)26(32)18-31-22-11-5-4-10-21(22)29-25(31)12-8-15-28-27(33)20-13-14-23(34-2)24(17-20)35-3/h4-5,10-11,13-14,17,19H,6-9,12,15-16,18H2,1-3H3,(H,28,33). The van der Waals surface area contributed by atoms with Crippen molar-refractivity contribution in [2.45, 2.75) is 51.6 Å². The summed E-state index contributed by atoms with van der Waals surface area (Å²) in [5.74, 6) is 1.93. The lowest BCUT2D eigenvalue weighted by atomic mass is 10.0. The zero-order chi connectivity index (χ0) is 24.8. The Kier molecular flexibility index (Phi) is 7.90. The second-order valence-corrected chi connectivity index (χ2v) is 8.96. The molecule has 2 aromatic carbocycles. The number of aromatic nitrogens is 2. The third-order valence-electron chi connectivity index (χ3n) is 6.66. The molecule has 3 aromatic rings. The van der Waals surface area contributed by atoms with E-state index in [-0.39, 0.29) is 24.4 Å². The van der Waals surface area contributed by atoms with E-state index in [9.17, 15) is 9.59 Å². The van der Waals surface area contributed by atoms with E-state index < -0.39 is 0 Å². The van der Waals surface area contributed by atoms with Crippen molar-refractivity contribution in [3.63, 3.8) is 0 Å². The van der Waals surface area contributed by atoms with Crippen LogP contribution in [-0.4, -0.2) is 59.6 Å². The number of carbonyl (C=O) groups excluding carboxylic acids is 2. The lowest BCUT2D eigenvalue weighted by Crippen LogP contribution is -2.43. The van der Waals surface area contributed by atoms with Crippen LogP contribution in [0.25, 0.3) is 11.0 Å². The first-order chi connectivity index (χ1) is 17.0. The highest BCUT2D eigenvalue weighted by Gasteiger charge is 2.24. The van der Waals surface area contributed by atoms with Crippen molar-refractivity contribution in [1.82, 2.24) is 19.8 Å². The molecule has 1 saturated heterocycles. The lowest BCUT2D eigenvalue weighted by molar-refractivity contribution is -0.135. The first-order valence-corrected chi connectivity index (χ1v) is 12.3. The number of carbonyl (C=O) groups is 2. The Hall–Kier alpha value is -3.55. The van der Waals surface area contributed by atoms with E-state index in [1.165, 1.54) is 6.42 Å².